The molecule has 0 spiro atoms. The molecule has 8 heteroatoms. The van der Waals surface area contributed by atoms with Crippen LogP contribution in [0.15, 0.2) is 95.8 Å². The Morgan fingerprint density at radius 3 is 2.09 bits per heavy atom. The second-order valence-corrected chi connectivity index (χ2v) is 11.7. The fourth-order valence-electron chi connectivity index (χ4n) is 5.91. The molecule has 47 heavy (non-hydrogen) atoms. The molecular weight excluding hydrogens is 594 g/mol. The van der Waals surface area contributed by atoms with Crippen LogP contribution in [0.5, 0.6) is 0 Å². The number of aromatic nitrogens is 2. The predicted octanol–water partition coefficient (Wildman–Crippen LogP) is 7.06. The Morgan fingerprint density at radius 1 is 0.766 bits per heavy atom. The van der Waals surface area contributed by atoms with E-state index in [0.717, 1.165) is 48.8 Å². The van der Waals surface area contributed by atoms with Crippen LogP contribution in [0.25, 0.3) is 22.0 Å². The molecule has 0 aliphatic heterocycles. The first-order valence-corrected chi connectivity index (χ1v) is 16.4. The number of aryl methyl sites for hydroxylation is 3. The first-order valence-electron chi connectivity index (χ1n) is 16.4. The number of amides is 1. The predicted molar refractivity (Wildman–Crippen MR) is 184 cm³/mol. The first-order chi connectivity index (χ1) is 22.8. The van der Waals surface area contributed by atoms with E-state index < -0.39 is 17.2 Å². The maximum absolute atomic E-state index is 14.5. The van der Waals surface area contributed by atoms with Gasteiger partial charge in [-0.1, -0.05) is 93.6 Å². The number of benzene rings is 4. The van der Waals surface area contributed by atoms with Gasteiger partial charge in [0.05, 0.1) is 10.9 Å². The Kier molecular flexibility index (Phi) is 11.3. The quantitative estimate of drug-likeness (QED) is 0.131. The second-order valence-electron chi connectivity index (χ2n) is 11.7. The second kappa shape index (κ2) is 15.7. The molecule has 0 saturated carbocycles. The van der Waals surface area contributed by atoms with Crippen molar-refractivity contribution in [1.82, 2.24) is 19.4 Å². The van der Waals surface area contributed by atoms with Crippen molar-refractivity contribution < 1.29 is 13.6 Å². The lowest BCUT2D eigenvalue weighted by Crippen LogP contribution is -2.40. The molecule has 1 amide bonds. The van der Waals surface area contributed by atoms with Gasteiger partial charge in [0.25, 0.3) is 5.56 Å². The number of hydrogen-bond donors (Lipinski definition) is 0. The molecule has 0 radical (unpaired) electrons. The summed E-state index contributed by atoms with van der Waals surface area (Å²) in [5.74, 6) is -1.60. The molecule has 0 atom stereocenters. The van der Waals surface area contributed by atoms with E-state index in [1.54, 1.807) is 22.8 Å². The van der Waals surface area contributed by atoms with Gasteiger partial charge >= 0.3 is 0 Å². The van der Waals surface area contributed by atoms with E-state index in [2.05, 4.69) is 79.2 Å². The molecule has 5 aromatic rings. The van der Waals surface area contributed by atoms with E-state index in [0.29, 0.717) is 29.8 Å². The average Bonchev–Trinajstić information content (AvgIpc) is 3.10. The van der Waals surface area contributed by atoms with Crippen LogP contribution >= 0.6 is 0 Å². The highest BCUT2D eigenvalue weighted by Gasteiger charge is 2.20. The highest BCUT2D eigenvalue weighted by atomic mass is 19.2. The molecule has 0 fully saturated rings. The molecule has 6 nitrogen and oxygen atoms in total. The maximum atomic E-state index is 14.5. The van der Waals surface area contributed by atoms with Crippen molar-refractivity contribution in [3.63, 3.8) is 0 Å². The Hall–Kier alpha value is -4.69. The monoisotopic (exact) mass is 636 g/mol. The smallest absolute Gasteiger partial charge is 0.280 e. The number of hydrogen-bond acceptors (Lipinski definition) is 4. The SMILES string of the molecule is CCc1ccc(-c2ccc(CN(CCN(CC)CC)C(=O)Cn3c(CCc4cccc(F)c4F)nc(=O)c4ccccc43)cc2)cc1. The standard InChI is InChI=1S/C39H42F2N4O2/c1-4-28-14-18-30(19-15-28)31-20-16-29(17-21-31)26-44(25-24-43(5-2)6-3)37(46)27-45-35-13-8-7-11-33(35)39(47)42-36(45)23-22-32-10-9-12-34(40)38(32)41/h7-21H,4-6,22-27H2,1-3H3. The van der Waals surface area contributed by atoms with Crippen LogP contribution in [0.1, 0.15) is 43.3 Å². The molecule has 0 aliphatic carbocycles. The van der Waals surface area contributed by atoms with Gasteiger partial charge in [-0.05, 0) is 71.9 Å². The van der Waals surface area contributed by atoms with Crippen LogP contribution in [0.2, 0.25) is 0 Å². The highest BCUT2D eigenvalue weighted by Crippen LogP contribution is 2.22. The number of halogens is 2. The lowest BCUT2D eigenvalue weighted by molar-refractivity contribution is -0.132. The summed E-state index contributed by atoms with van der Waals surface area (Å²) in [5, 5.41) is 0.401. The van der Waals surface area contributed by atoms with Gasteiger partial charge in [-0.15, -0.1) is 0 Å². The zero-order valence-corrected chi connectivity index (χ0v) is 27.4. The van der Waals surface area contributed by atoms with Gasteiger partial charge in [-0.2, -0.15) is 4.98 Å². The van der Waals surface area contributed by atoms with Gasteiger partial charge in [0.1, 0.15) is 12.4 Å². The number of carbonyl (C=O) groups excluding carboxylic acids is 1. The topological polar surface area (TPSA) is 58.4 Å². The summed E-state index contributed by atoms with van der Waals surface area (Å²) in [6.07, 6.45) is 1.28. The summed E-state index contributed by atoms with van der Waals surface area (Å²) in [7, 11) is 0. The normalized spacial score (nSPS) is 11.4. The molecule has 0 saturated heterocycles. The number of fused-ring (bicyclic) bond motifs is 1. The summed E-state index contributed by atoms with van der Waals surface area (Å²) < 4.78 is 30.2. The summed E-state index contributed by atoms with van der Waals surface area (Å²) in [5.41, 5.74) is 4.92. The number of carbonyl (C=O) groups is 1. The summed E-state index contributed by atoms with van der Waals surface area (Å²) in [6.45, 7) is 9.71. The Bertz CT molecular complexity index is 1870. The zero-order valence-electron chi connectivity index (χ0n) is 27.4. The molecule has 0 bridgehead atoms. The Morgan fingerprint density at radius 2 is 1.43 bits per heavy atom. The van der Waals surface area contributed by atoms with Gasteiger partial charge < -0.3 is 14.4 Å². The third kappa shape index (κ3) is 8.19. The van der Waals surface area contributed by atoms with Crippen molar-refractivity contribution in [2.45, 2.75) is 53.1 Å². The van der Waals surface area contributed by atoms with Crippen LogP contribution in [-0.4, -0.2) is 51.4 Å². The van der Waals surface area contributed by atoms with Crippen molar-refractivity contribution in [3.05, 3.63) is 135 Å². The lowest BCUT2D eigenvalue weighted by atomic mass is 10.0. The Labute approximate surface area is 275 Å². The van der Waals surface area contributed by atoms with E-state index in [4.69, 9.17) is 0 Å². The van der Waals surface area contributed by atoms with E-state index in [1.165, 1.54) is 17.7 Å². The molecule has 1 heterocycles. The van der Waals surface area contributed by atoms with Gasteiger partial charge in [0.15, 0.2) is 11.6 Å². The minimum absolute atomic E-state index is 0.0468. The third-order valence-electron chi connectivity index (χ3n) is 8.87. The molecule has 0 aliphatic rings. The average molecular weight is 637 g/mol. The molecule has 1 aromatic heterocycles. The van der Waals surface area contributed by atoms with Crippen LogP contribution in [0.4, 0.5) is 8.78 Å². The van der Waals surface area contributed by atoms with Crippen molar-refractivity contribution in [3.8, 4) is 11.1 Å². The molecule has 4 aromatic carbocycles. The van der Waals surface area contributed by atoms with Crippen LogP contribution in [0, 0.1) is 11.6 Å². The highest BCUT2D eigenvalue weighted by molar-refractivity contribution is 5.82. The first kappa shape index (κ1) is 33.7. The van der Waals surface area contributed by atoms with Crippen molar-refractivity contribution in [2.75, 3.05) is 26.2 Å². The van der Waals surface area contributed by atoms with E-state index in [1.807, 2.05) is 11.0 Å². The largest absolute Gasteiger partial charge is 0.336 e. The molecule has 244 valence electrons. The fourth-order valence-corrected chi connectivity index (χ4v) is 5.91. The summed E-state index contributed by atoms with van der Waals surface area (Å²) >= 11 is 0. The summed E-state index contributed by atoms with van der Waals surface area (Å²) in [4.78, 5) is 35.6. The molecule has 0 N–H and O–H groups in total. The Balaban J connectivity index is 1.43. The van der Waals surface area contributed by atoms with Gasteiger partial charge in [-0.3, -0.25) is 9.59 Å². The van der Waals surface area contributed by atoms with Crippen molar-refractivity contribution in [2.24, 2.45) is 0 Å². The lowest BCUT2D eigenvalue weighted by Gasteiger charge is -2.28. The number of para-hydroxylation sites is 1. The van der Waals surface area contributed by atoms with Crippen molar-refractivity contribution >= 4 is 16.8 Å². The van der Waals surface area contributed by atoms with Crippen LogP contribution in [-0.2, 0) is 37.1 Å². The molecular formula is C39H42F2N4O2. The van der Waals surface area contributed by atoms with E-state index in [9.17, 15) is 18.4 Å². The minimum Gasteiger partial charge on any atom is -0.336 e. The third-order valence-corrected chi connectivity index (χ3v) is 8.87. The molecule has 5 rings (SSSR count). The van der Waals surface area contributed by atoms with Gasteiger partial charge in [-0.25, -0.2) is 8.78 Å². The number of rotatable bonds is 14. The van der Waals surface area contributed by atoms with E-state index >= 15 is 0 Å². The summed E-state index contributed by atoms with van der Waals surface area (Å²) in [6, 6.07) is 28.0. The van der Waals surface area contributed by atoms with Crippen LogP contribution in [0.3, 0.4) is 0 Å². The zero-order chi connectivity index (χ0) is 33.3. The minimum atomic E-state index is -0.923. The van der Waals surface area contributed by atoms with E-state index in [-0.39, 0.29) is 30.9 Å². The molecule has 0 unspecified atom stereocenters. The van der Waals surface area contributed by atoms with Gasteiger partial charge in [0.2, 0.25) is 5.91 Å². The maximum Gasteiger partial charge on any atom is 0.280 e. The number of nitrogens with zero attached hydrogens (tertiary/aromatic N) is 4. The van der Waals surface area contributed by atoms with Crippen LogP contribution < -0.4 is 5.56 Å². The van der Waals surface area contributed by atoms with Crippen molar-refractivity contribution in [1.29, 1.82) is 0 Å². The number of likely N-dealkylation sites (N-methyl/N-ethyl adjacent to an activating group) is 1. The fraction of sp³-hybridized carbons (Fsp3) is 0.308. The van der Waals surface area contributed by atoms with Gasteiger partial charge in [0, 0.05) is 26.1 Å².